The molecule has 3 aliphatic rings. The highest BCUT2D eigenvalue weighted by Crippen LogP contribution is 2.39. The van der Waals surface area contributed by atoms with Gasteiger partial charge in [-0.1, -0.05) is 12.1 Å². The number of nitrogens with zero attached hydrogens (tertiary/aromatic N) is 1. The molecule has 1 aromatic rings. The third-order valence-electron chi connectivity index (χ3n) is 7.96. The summed E-state index contributed by atoms with van der Waals surface area (Å²) in [6, 6.07) is 6.23. The van der Waals surface area contributed by atoms with Gasteiger partial charge in [0.05, 0.1) is 22.3 Å². The minimum Gasteiger partial charge on any atom is -0.478 e. The summed E-state index contributed by atoms with van der Waals surface area (Å²) in [5.41, 5.74) is 1.57. The Labute approximate surface area is 236 Å². The maximum atomic E-state index is 12.6. The molecule has 12 heteroatoms. The second-order valence-electron chi connectivity index (χ2n) is 10.6. The van der Waals surface area contributed by atoms with Gasteiger partial charge in [0, 0.05) is 53.3 Å². The molecule has 2 saturated heterocycles. The third-order valence-corrected chi connectivity index (χ3v) is 9.79. The lowest BCUT2D eigenvalue weighted by Crippen LogP contribution is -2.48. The van der Waals surface area contributed by atoms with Crippen LogP contribution in [-0.4, -0.2) is 87.6 Å². The number of likely N-dealkylation sites (tertiary alicyclic amines) is 1. The van der Waals surface area contributed by atoms with Gasteiger partial charge in [0.1, 0.15) is 0 Å². The van der Waals surface area contributed by atoms with E-state index in [1.165, 1.54) is 0 Å². The Bertz CT molecular complexity index is 1190. The van der Waals surface area contributed by atoms with Gasteiger partial charge < -0.3 is 36.4 Å². The fourth-order valence-corrected chi connectivity index (χ4v) is 7.61. The van der Waals surface area contributed by atoms with Crippen molar-refractivity contribution in [2.75, 3.05) is 50.3 Å². The van der Waals surface area contributed by atoms with Crippen LogP contribution in [0.4, 0.5) is 10.5 Å². The SMILES string of the molecule is CC1=C(C(=O)O)C(c2cccc(NC(=O)NCCCN3CCC(C4CNCCS4=O)CC3)c2)C(C(=O)O)=C(C)N1. The molecule has 4 rings (SSSR count). The number of hydrogen-bond donors (Lipinski definition) is 6. The first-order valence-electron chi connectivity index (χ1n) is 13.8. The number of aliphatic carboxylic acids is 2. The Kier molecular flexibility index (Phi) is 9.99. The second kappa shape index (κ2) is 13.4. The minimum absolute atomic E-state index is 0.0442. The number of benzene rings is 1. The summed E-state index contributed by atoms with van der Waals surface area (Å²) in [5, 5.41) is 31.8. The number of urea groups is 1. The first-order chi connectivity index (χ1) is 19.2. The molecule has 11 nitrogen and oxygen atoms in total. The van der Waals surface area contributed by atoms with Gasteiger partial charge in [-0.25, -0.2) is 14.4 Å². The number of rotatable bonds is 9. The monoisotopic (exact) mass is 573 g/mol. The first-order valence-corrected chi connectivity index (χ1v) is 15.1. The van der Waals surface area contributed by atoms with Crippen LogP contribution in [-0.2, 0) is 20.4 Å². The highest BCUT2D eigenvalue weighted by atomic mass is 32.2. The van der Waals surface area contributed by atoms with Crippen molar-refractivity contribution in [1.82, 2.24) is 20.9 Å². The fourth-order valence-electron chi connectivity index (χ4n) is 5.96. The van der Waals surface area contributed by atoms with Crippen molar-refractivity contribution >= 4 is 34.5 Å². The molecule has 3 aliphatic heterocycles. The molecule has 3 heterocycles. The number of allylic oxidation sites excluding steroid dienone is 2. The van der Waals surface area contributed by atoms with E-state index >= 15 is 0 Å². The number of hydrogen-bond acceptors (Lipinski definition) is 7. The average Bonchev–Trinajstić information content (AvgIpc) is 2.91. The molecule has 0 saturated carbocycles. The Morgan fingerprint density at radius 1 is 1.07 bits per heavy atom. The van der Waals surface area contributed by atoms with Gasteiger partial charge >= 0.3 is 18.0 Å². The van der Waals surface area contributed by atoms with Gasteiger partial charge in [0.25, 0.3) is 0 Å². The van der Waals surface area contributed by atoms with Crippen LogP contribution in [0.3, 0.4) is 0 Å². The van der Waals surface area contributed by atoms with Crippen molar-refractivity contribution in [3.63, 3.8) is 0 Å². The number of carboxylic acid groups (broad SMARTS) is 2. The predicted octanol–water partition coefficient (Wildman–Crippen LogP) is 2.03. The molecule has 0 bridgehead atoms. The van der Waals surface area contributed by atoms with E-state index in [4.69, 9.17) is 0 Å². The molecule has 6 N–H and O–H groups in total. The Morgan fingerprint density at radius 3 is 2.38 bits per heavy atom. The van der Waals surface area contributed by atoms with Crippen molar-refractivity contribution in [2.24, 2.45) is 5.92 Å². The van der Waals surface area contributed by atoms with E-state index in [9.17, 15) is 28.8 Å². The highest BCUT2D eigenvalue weighted by molar-refractivity contribution is 7.85. The molecule has 2 amide bonds. The summed E-state index contributed by atoms with van der Waals surface area (Å²) in [4.78, 5) is 39.0. The van der Waals surface area contributed by atoms with E-state index in [-0.39, 0.29) is 22.4 Å². The van der Waals surface area contributed by atoms with Crippen LogP contribution in [0.25, 0.3) is 0 Å². The first kappa shape index (κ1) is 29.8. The number of dihydropyridines is 1. The van der Waals surface area contributed by atoms with Crippen molar-refractivity contribution < 1.29 is 28.8 Å². The van der Waals surface area contributed by atoms with Crippen LogP contribution in [0.5, 0.6) is 0 Å². The molecule has 0 aromatic heterocycles. The Hall–Kier alpha value is -3.22. The second-order valence-corrected chi connectivity index (χ2v) is 12.4. The quantitative estimate of drug-likeness (QED) is 0.243. The van der Waals surface area contributed by atoms with Crippen molar-refractivity contribution in [3.8, 4) is 0 Å². The number of piperidine rings is 1. The van der Waals surface area contributed by atoms with Crippen LogP contribution in [0, 0.1) is 5.92 Å². The Morgan fingerprint density at radius 2 is 1.75 bits per heavy atom. The zero-order chi connectivity index (χ0) is 28.8. The largest absolute Gasteiger partial charge is 0.478 e. The molecule has 218 valence electrons. The zero-order valence-corrected chi connectivity index (χ0v) is 23.8. The summed E-state index contributed by atoms with van der Waals surface area (Å²) in [6.07, 6.45) is 2.90. The lowest BCUT2D eigenvalue weighted by Gasteiger charge is -2.37. The van der Waals surface area contributed by atoms with E-state index < -0.39 is 28.7 Å². The lowest BCUT2D eigenvalue weighted by atomic mass is 9.80. The highest BCUT2D eigenvalue weighted by Gasteiger charge is 2.36. The lowest BCUT2D eigenvalue weighted by molar-refractivity contribution is -0.133. The van der Waals surface area contributed by atoms with Gasteiger partial charge in [-0.3, -0.25) is 4.21 Å². The Balaban J connectivity index is 1.27. The van der Waals surface area contributed by atoms with Gasteiger partial charge in [-0.2, -0.15) is 0 Å². The molecular formula is C28H39N5O6S. The summed E-state index contributed by atoms with van der Waals surface area (Å²) in [6.45, 7) is 8.23. The minimum atomic E-state index is -1.21. The van der Waals surface area contributed by atoms with E-state index in [1.807, 2.05) is 0 Å². The van der Waals surface area contributed by atoms with E-state index in [0.717, 1.165) is 57.7 Å². The van der Waals surface area contributed by atoms with Gasteiger partial charge in [0.15, 0.2) is 0 Å². The topological polar surface area (TPSA) is 160 Å². The average molecular weight is 574 g/mol. The predicted molar refractivity (Wildman–Crippen MR) is 153 cm³/mol. The molecule has 2 atom stereocenters. The standard InChI is InChI=1S/C28H39N5O6S/c1-17-23(26(34)35)25(24(27(36)37)18(2)31-17)20-5-3-6-21(15-20)32-28(38)30-9-4-11-33-12-7-19(8-13-33)22-16-29-10-14-40(22)39/h3,5-6,15,19,22,25,29,31H,4,7-14,16H2,1-2H3,(H,34,35)(H,36,37)(H2,30,32,38). The van der Waals surface area contributed by atoms with Crippen LogP contribution >= 0.6 is 0 Å². The van der Waals surface area contributed by atoms with E-state index in [0.29, 0.717) is 35.1 Å². The number of carbonyl (C=O) groups is 3. The van der Waals surface area contributed by atoms with Crippen molar-refractivity contribution in [1.29, 1.82) is 0 Å². The van der Waals surface area contributed by atoms with Gasteiger partial charge in [-0.05, 0) is 76.4 Å². The number of anilines is 1. The molecule has 0 radical (unpaired) electrons. The molecule has 0 spiro atoms. The molecule has 40 heavy (non-hydrogen) atoms. The molecule has 1 aromatic carbocycles. The van der Waals surface area contributed by atoms with Crippen LogP contribution in [0.1, 0.15) is 44.6 Å². The maximum Gasteiger partial charge on any atom is 0.334 e. The third kappa shape index (κ3) is 7.10. The molecular weight excluding hydrogens is 534 g/mol. The fraction of sp³-hybridized carbons (Fsp3) is 0.536. The van der Waals surface area contributed by atoms with Crippen LogP contribution in [0.2, 0.25) is 0 Å². The van der Waals surface area contributed by atoms with Crippen molar-refractivity contribution in [3.05, 3.63) is 52.4 Å². The maximum absolute atomic E-state index is 12.6. The van der Waals surface area contributed by atoms with E-state index in [2.05, 4.69) is 26.2 Å². The molecule has 2 unspecified atom stereocenters. The smallest absolute Gasteiger partial charge is 0.334 e. The number of carboxylic acids is 2. The number of carbonyl (C=O) groups excluding carboxylic acids is 1. The summed E-state index contributed by atoms with van der Waals surface area (Å²) in [5.74, 6) is -2.14. The zero-order valence-electron chi connectivity index (χ0n) is 23.0. The van der Waals surface area contributed by atoms with Crippen LogP contribution < -0.4 is 21.3 Å². The van der Waals surface area contributed by atoms with E-state index in [1.54, 1.807) is 38.1 Å². The van der Waals surface area contributed by atoms with Crippen molar-refractivity contribution in [2.45, 2.75) is 44.3 Å². The molecule has 0 aliphatic carbocycles. The van der Waals surface area contributed by atoms with Gasteiger partial charge in [0.2, 0.25) is 0 Å². The number of nitrogens with one attached hydrogen (secondary N) is 4. The van der Waals surface area contributed by atoms with Crippen LogP contribution in [0.15, 0.2) is 46.8 Å². The number of amides is 2. The van der Waals surface area contributed by atoms with Gasteiger partial charge in [-0.15, -0.1) is 0 Å². The summed E-state index contributed by atoms with van der Waals surface area (Å²) in [7, 11) is -0.725. The summed E-state index contributed by atoms with van der Waals surface area (Å²) >= 11 is 0. The normalized spacial score (nSPS) is 23.1. The summed E-state index contributed by atoms with van der Waals surface area (Å²) < 4.78 is 12.3. The molecule has 2 fully saturated rings.